The van der Waals surface area contributed by atoms with Gasteiger partial charge in [0.15, 0.2) is 0 Å². The van der Waals surface area contributed by atoms with Crippen LogP contribution in [-0.4, -0.2) is 19.7 Å². The molecule has 19 heavy (non-hydrogen) atoms. The van der Waals surface area contributed by atoms with Crippen molar-refractivity contribution in [2.24, 2.45) is 5.73 Å². The summed E-state index contributed by atoms with van der Waals surface area (Å²) in [4.78, 5) is 0. The lowest BCUT2D eigenvalue weighted by atomic mass is 9.94. The molecule has 1 atom stereocenters. The topological polar surface area (TPSA) is 47.3 Å². The molecule has 1 aliphatic carbocycles. The van der Waals surface area contributed by atoms with Gasteiger partial charge in [0.2, 0.25) is 0 Å². The number of benzene rings is 1. The molecule has 0 bridgehead atoms. The second kappa shape index (κ2) is 7.13. The Bertz CT molecular complexity index is 405. The number of methoxy groups -OCH3 is 1. The van der Waals surface area contributed by atoms with Gasteiger partial charge in [-0.3, -0.25) is 0 Å². The third-order valence-corrected chi connectivity index (χ3v) is 4.15. The Kier molecular flexibility index (Phi) is 5.49. The molecule has 1 fully saturated rings. The van der Waals surface area contributed by atoms with Gasteiger partial charge >= 0.3 is 0 Å². The van der Waals surface area contributed by atoms with Crippen LogP contribution in [0, 0.1) is 0 Å². The van der Waals surface area contributed by atoms with E-state index in [0.717, 1.165) is 5.56 Å². The summed E-state index contributed by atoms with van der Waals surface area (Å²) in [6.45, 7) is 0.582. The molecule has 1 unspecified atom stereocenters. The fourth-order valence-corrected chi connectivity index (χ4v) is 3.02. The minimum atomic E-state index is 0.173. The Labute approximate surface area is 120 Å². The maximum atomic E-state index is 6.18. The Morgan fingerprint density at radius 3 is 2.68 bits per heavy atom. The Balaban J connectivity index is 2.05. The van der Waals surface area contributed by atoms with Crippen LogP contribution in [0.2, 0.25) is 5.02 Å². The lowest BCUT2D eigenvalue weighted by Crippen LogP contribution is -2.37. The first-order valence-corrected chi connectivity index (χ1v) is 7.42. The zero-order valence-corrected chi connectivity index (χ0v) is 12.2. The van der Waals surface area contributed by atoms with E-state index in [1.165, 1.54) is 32.1 Å². The summed E-state index contributed by atoms with van der Waals surface area (Å²) < 4.78 is 5.18. The largest absolute Gasteiger partial charge is 0.495 e. The molecular weight excluding hydrogens is 260 g/mol. The zero-order valence-electron chi connectivity index (χ0n) is 11.5. The average molecular weight is 283 g/mol. The number of halogens is 1. The van der Waals surface area contributed by atoms with Gasteiger partial charge in [-0.25, -0.2) is 0 Å². The van der Waals surface area contributed by atoms with Crippen molar-refractivity contribution in [2.45, 2.75) is 44.2 Å². The maximum Gasteiger partial charge on any atom is 0.137 e. The van der Waals surface area contributed by atoms with Crippen LogP contribution in [-0.2, 0) is 0 Å². The number of hydrogen-bond acceptors (Lipinski definition) is 3. The Hall–Kier alpha value is -0.770. The smallest absolute Gasteiger partial charge is 0.137 e. The van der Waals surface area contributed by atoms with Crippen LogP contribution < -0.4 is 15.8 Å². The van der Waals surface area contributed by atoms with E-state index in [1.807, 2.05) is 18.2 Å². The van der Waals surface area contributed by atoms with E-state index in [0.29, 0.717) is 23.4 Å². The minimum absolute atomic E-state index is 0.173. The van der Waals surface area contributed by atoms with Crippen LogP contribution >= 0.6 is 11.6 Å². The van der Waals surface area contributed by atoms with Gasteiger partial charge in [-0.2, -0.15) is 0 Å². The van der Waals surface area contributed by atoms with Gasteiger partial charge in [0, 0.05) is 18.6 Å². The first kappa shape index (κ1) is 14.6. The second-order valence-corrected chi connectivity index (χ2v) is 5.59. The summed E-state index contributed by atoms with van der Waals surface area (Å²) in [5.74, 6) is 0.707. The summed E-state index contributed by atoms with van der Waals surface area (Å²) in [5.41, 5.74) is 7.04. The van der Waals surface area contributed by atoms with Crippen LogP contribution in [0.3, 0.4) is 0 Å². The average Bonchev–Trinajstić information content (AvgIpc) is 2.46. The molecule has 4 heteroatoms. The van der Waals surface area contributed by atoms with Crippen LogP contribution in [0.1, 0.15) is 43.7 Å². The number of rotatable bonds is 5. The van der Waals surface area contributed by atoms with Gasteiger partial charge in [0.25, 0.3) is 0 Å². The van der Waals surface area contributed by atoms with E-state index in [9.17, 15) is 0 Å². The molecule has 0 radical (unpaired) electrons. The van der Waals surface area contributed by atoms with Crippen LogP contribution in [0.5, 0.6) is 5.75 Å². The summed E-state index contributed by atoms with van der Waals surface area (Å²) in [5, 5.41) is 4.30. The molecule has 0 heterocycles. The third-order valence-electron chi connectivity index (χ3n) is 3.86. The van der Waals surface area contributed by atoms with Crippen molar-refractivity contribution in [3.63, 3.8) is 0 Å². The quantitative estimate of drug-likeness (QED) is 0.871. The van der Waals surface area contributed by atoms with E-state index >= 15 is 0 Å². The zero-order chi connectivity index (χ0) is 13.7. The molecule has 2 rings (SSSR count). The maximum absolute atomic E-state index is 6.18. The lowest BCUT2D eigenvalue weighted by molar-refractivity contribution is 0.340. The van der Waals surface area contributed by atoms with Gasteiger partial charge < -0.3 is 15.8 Å². The van der Waals surface area contributed by atoms with Crippen LogP contribution in [0.25, 0.3) is 0 Å². The molecule has 1 aromatic carbocycles. The van der Waals surface area contributed by atoms with Gasteiger partial charge in [0.05, 0.1) is 12.1 Å². The van der Waals surface area contributed by atoms with Crippen LogP contribution in [0.15, 0.2) is 18.2 Å². The Morgan fingerprint density at radius 1 is 1.37 bits per heavy atom. The van der Waals surface area contributed by atoms with Gasteiger partial charge in [-0.15, -0.1) is 0 Å². The predicted octanol–water partition coefficient (Wildman–Crippen LogP) is 3.27. The van der Waals surface area contributed by atoms with E-state index in [1.54, 1.807) is 7.11 Å². The number of nitrogens with two attached hydrogens (primary N) is 1. The molecule has 1 saturated carbocycles. The van der Waals surface area contributed by atoms with Gasteiger partial charge in [-0.05, 0) is 30.5 Å². The highest BCUT2D eigenvalue weighted by molar-refractivity contribution is 6.32. The summed E-state index contributed by atoms with van der Waals surface area (Å²) in [7, 11) is 1.63. The molecule has 1 aromatic rings. The SMILES string of the molecule is COc1ccc(C(CN)NC2CCCCC2)cc1Cl. The molecule has 0 aromatic heterocycles. The van der Waals surface area contributed by atoms with Crippen molar-refractivity contribution < 1.29 is 4.74 Å². The van der Waals surface area contributed by atoms with Crippen molar-refractivity contribution >= 4 is 11.6 Å². The highest BCUT2D eigenvalue weighted by Gasteiger charge is 2.18. The first-order valence-electron chi connectivity index (χ1n) is 7.04. The standard InChI is InChI=1S/C15H23ClN2O/c1-19-15-8-7-11(9-13(15)16)14(10-17)18-12-5-3-2-4-6-12/h7-9,12,14,18H,2-6,10,17H2,1H3. The summed E-state index contributed by atoms with van der Waals surface area (Å²) in [6.07, 6.45) is 6.50. The molecule has 0 amide bonds. The van der Waals surface area contributed by atoms with E-state index in [-0.39, 0.29) is 6.04 Å². The lowest BCUT2D eigenvalue weighted by Gasteiger charge is -2.28. The molecule has 1 aliphatic rings. The van der Waals surface area contributed by atoms with Crippen molar-refractivity contribution in [1.29, 1.82) is 0 Å². The molecular formula is C15H23ClN2O. The van der Waals surface area contributed by atoms with Crippen molar-refractivity contribution in [1.82, 2.24) is 5.32 Å². The molecule has 0 saturated heterocycles. The normalized spacial score (nSPS) is 18.3. The van der Waals surface area contributed by atoms with Crippen LogP contribution in [0.4, 0.5) is 0 Å². The fraction of sp³-hybridized carbons (Fsp3) is 0.600. The fourth-order valence-electron chi connectivity index (χ4n) is 2.75. The highest BCUT2D eigenvalue weighted by Crippen LogP contribution is 2.28. The summed E-state index contributed by atoms with van der Waals surface area (Å²) >= 11 is 6.18. The van der Waals surface area contributed by atoms with E-state index in [4.69, 9.17) is 22.1 Å². The number of nitrogens with one attached hydrogen (secondary N) is 1. The minimum Gasteiger partial charge on any atom is -0.495 e. The van der Waals surface area contributed by atoms with Gasteiger partial charge in [0.1, 0.15) is 5.75 Å². The van der Waals surface area contributed by atoms with Crippen molar-refractivity contribution in [2.75, 3.05) is 13.7 Å². The van der Waals surface area contributed by atoms with E-state index < -0.39 is 0 Å². The van der Waals surface area contributed by atoms with Crippen molar-refractivity contribution in [3.05, 3.63) is 28.8 Å². The molecule has 106 valence electrons. The van der Waals surface area contributed by atoms with Crippen molar-refractivity contribution in [3.8, 4) is 5.75 Å². The highest BCUT2D eigenvalue weighted by atomic mass is 35.5. The number of hydrogen-bond donors (Lipinski definition) is 2. The number of ether oxygens (including phenoxy) is 1. The summed E-state index contributed by atoms with van der Waals surface area (Å²) in [6, 6.07) is 6.66. The Morgan fingerprint density at radius 2 is 2.11 bits per heavy atom. The first-order chi connectivity index (χ1) is 9.24. The molecule has 0 spiro atoms. The second-order valence-electron chi connectivity index (χ2n) is 5.18. The predicted molar refractivity (Wildman–Crippen MR) is 79.8 cm³/mol. The van der Waals surface area contributed by atoms with E-state index in [2.05, 4.69) is 5.32 Å². The molecule has 0 aliphatic heterocycles. The van der Waals surface area contributed by atoms with Gasteiger partial charge in [-0.1, -0.05) is 36.9 Å². The molecule has 3 N–H and O–H groups in total. The third kappa shape index (κ3) is 3.85. The molecule has 3 nitrogen and oxygen atoms in total. The monoisotopic (exact) mass is 282 g/mol.